The van der Waals surface area contributed by atoms with Crippen LogP contribution in [0.4, 0.5) is 0 Å². The Kier molecular flexibility index (Phi) is 9.58. The molecule has 9 heteroatoms. The van der Waals surface area contributed by atoms with Crippen LogP contribution in [0.25, 0.3) is 0 Å². The van der Waals surface area contributed by atoms with Gasteiger partial charge in [-0.25, -0.2) is 4.79 Å². The van der Waals surface area contributed by atoms with Gasteiger partial charge in [0.2, 0.25) is 0 Å². The Morgan fingerprint density at radius 3 is 2.13 bits per heavy atom. The number of esters is 1. The van der Waals surface area contributed by atoms with Crippen LogP contribution in [0, 0.1) is 0 Å². The minimum absolute atomic E-state index is 0.194. The number of hydrogen-bond donors (Lipinski definition) is 0. The Morgan fingerprint density at radius 1 is 0.872 bits per heavy atom. The van der Waals surface area contributed by atoms with Crippen LogP contribution in [0.2, 0.25) is 18.1 Å². The SMILES string of the molecule is CCOC(=O)/C=C/[C@H]1O[C@@H]1[C@@H]1OC2(CCCCC2)O[C@@H]1[C@@H](O[Si](CC)(CC)CC)[C@H]1COC2(CCCCC2)O1. The van der Waals surface area contributed by atoms with Gasteiger partial charge in [-0.3, -0.25) is 0 Å². The quantitative estimate of drug-likeness (QED) is 0.135. The van der Waals surface area contributed by atoms with E-state index in [2.05, 4.69) is 20.8 Å². The molecule has 0 unspecified atom stereocenters. The molecule has 39 heavy (non-hydrogen) atoms. The highest BCUT2D eigenvalue weighted by atomic mass is 28.4. The van der Waals surface area contributed by atoms with Crippen LogP contribution >= 0.6 is 0 Å². The normalized spacial score (nSPS) is 34.6. The fourth-order valence-electron chi connectivity index (χ4n) is 7.15. The summed E-state index contributed by atoms with van der Waals surface area (Å²) >= 11 is 0. The molecule has 5 rings (SSSR count). The second kappa shape index (κ2) is 12.6. The lowest BCUT2D eigenvalue weighted by Crippen LogP contribution is -2.54. The van der Waals surface area contributed by atoms with Gasteiger partial charge in [-0.2, -0.15) is 0 Å². The molecule has 0 bridgehead atoms. The van der Waals surface area contributed by atoms with E-state index in [1.807, 2.05) is 0 Å². The highest BCUT2D eigenvalue weighted by Gasteiger charge is 2.62. The van der Waals surface area contributed by atoms with Gasteiger partial charge in [0, 0.05) is 31.8 Å². The van der Waals surface area contributed by atoms with Gasteiger partial charge in [0.25, 0.3) is 0 Å². The van der Waals surface area contributed by atoms with Crippen LogP contribution in [0.1, 0.15) is 91.9 Å². The van der Waals surface area contributed by atoms with Crippen molar-refractivity contribution in [3.05, 3.63) is 12.2 Å². The van der Waals surface area contributed by atoms with E-state index in [4.69, 9.17) is 32.8 Å². The van der Waals surface area contributed by atoms with Gasteiger partial charge in [0.05, 0.1) is 13.2 Å². The number of rotatable bonds is 11. The van der Waals surface area contributed by atoms with Crippen LogP contribution in [0.3, 0.4) is 0 Å². The van der Waals surface area contributed by atoms with Gasteiger partial charge in [-0.05, 0) is 56.8 Å². The molecule has 0 amide bonds. The lowest BCUT2D eigenvalue weighted by molar-refractivity contribution is -0.215. The molecule has 8 nitrogen and oxygen atoms in total. The minimum atomic E-state index is -2.02. The van der Waals surface area contributed by atoms with E-state index < -0.39 is 19.9 Å². The average Bonchev–Trinajstić information content (AvgIpc) is 3.50. The van der Waals surface area contributed by atoms with Crippen molar-refractivity contribution < 1.29 is 37.6 Å². The number of hydrogen-bond acceptors (Lipinski definition) is 8. The summed E-state index contributed by atoms with van der Waals surface area (Å²) in [6, 6.07) is 3.14. The summed E-state index contributed by atoms with van der Waals surface area (Å²) in [5.74, 6) is -1.44. The molecule has 3 saturated heterocycles. The predicted octanol–water partition coefficient (Wildman–Crippen LogP) is 5.78. The van der Waals surface area contributed by atoms with Gasteiger partial charge in [-0.15, -0.1) is 0 Å². The van der Waals surface area contributed by atoms with Gasteiger partial charge in [0.15, 0.2) is 19.9 Å². The van der Waals surface area contributed by atoms with Crippen LogP contribution in [0.5, 0.6) is 0 Å². The molecular weight excluding hydrogens is 516 g/mol. The first-order valence-electron chi connectivity index (χ1n) is 15.8. The maximum Gasteiger partial charge on any atom is 0.330 e. The molecule has 5 fully saturated rings. The van der Waals surface area contributed by atoms with E-state index in [1.54, 1.807) is 13.0 Å². The first kappa shape index (κ1) is 29.7. The highest BCUT2D eigenvalue weighted by Crippen LogP contribution is 2.49. The summed E-state index contributed by atoms with van der Waals surface area (Å²) in [7, 11) is -2.02. The third kappa shape index (κ3) is 6.50. The van der Waals surface area contributed by atoms with Crippen molar-refractivity contribution in [2.24, 2.45) is 0 Å². The molecule has 2 aliphatic carbocycles. The molecule has 0 N–H and O–H groups in total. The predicted molar refractivity (Wildman–Crippen MR) is 149 cm³/mol. The van der Waals surface area contributed by atoms with E-state index in [0.29, 0.717) is 13.2 Å². The fourth-order valence-corrected chi connectivity index (χ4v) is 10.0. The lowest BCUT2D eigenvalue weighted by atomic mass is 9.94. The molecule has 3 aliphatic heterocycles. The highest BCUT2D eigenvalue weighted by molar-refractivity contribution is 6.73. The lowest BCUT2D eigenvalue weighted by Gasteiger charge is -2.40. The molecule has 6 atom stereocenters. The standard InChI is InChI=1S/C30H50O8Si/c1-5-32-24(31)16-15-22-25(34-22)27-28(37-30(36-27)19-13-10-14-20-30)26(38-39(6-2,7-3)8-4)23-21-33-29(35-23)17-11-9-12-18-29/h15-16,22-23,25-28H,5-14,17-21H2,1-4H3/b16-15+/t22-,23-,25+,26+,27+,28-/m1/s1. The minimum Gasteiger partial charge on any atom is -0.463 e. The van der Waals surface area contributed by atoms with Crippen molar-refractivity contribution in [2.75, 3.05) is 13.2 Å². The number of ether oxygens (including phenoxy) is 6. The van der Waals surface area contributed by atoms with Gasteiger partial charge in [0.1, 0.15) is 36.6 Å². The third-order valence-corrected chi connectivity index (χ3v) is 14.4. The summed E-state index contributed by atoms with van der Waals surface area (Å²) in [6.07, 6.45) is 12.3. The smallest absolute Gasteiger partial charge is 0.330 e. The first-order valence-corrected chi connectivity index (χ1v) is 18.3. The Labute approximate surface area is 235 Å². The molecule has 3 heterocycles. The molecule has 2 spiro atoms. The monoisotopic (exact) mass is 566 g/mol. The van der Waals surface area contributed by atoms with E-state index >= 15 is 0 Å². The van der Waals surface area contributed by atoms with Crippen molar-refractivity contribution in [1.82, 2.24) is 0 Å². The van der Waals surface area contributed by atoms with Crippen molar-refractivity contribution in [3.63, 3.8) is 0 Å². The van der Waals surface area contributed by atoms with Crippen molar-refractivity contribution in [2.45, 2.75) is 158 Å². The molecule has 2 saturated carbocycles. The van der Waals surface area contributed by atoms with Gasteiger partial charge in [-0.1, -0.05) is 33.6 Å². The topological polar surface area (TPSA) is 85.0 Å². The third-order valence-electron chi connectivity index (χ3n) is 9.74. The van der Waals surface area contributed by atoms with E-state index in [0.717, 1.165) is 69.5 Å². The first-order chi connectivity index (χ1) is 18.9. The van der Waals surface area contributed by atoms with Crippen molar-refractivity contribution >= 4 is 14.3 Å². The molecule has 0 aromatic heterocycles. The Balaban J connectivity index is 1.41. The van der Waals surface area contributed by atoms with Gasteiger partial charge < -0.3 is 32.8 Å². The zero-order valence-corrected chi connectivity index (χ0v) is 25.5. The van der Waals surface area contributed by atoms with Crippen molar-refractivity contribution in [3.8, 4) is 0 Å². The molecule has 0 aromatic rings. The van der Waals surface area contributed by atoms with Crippen LogP contribution in [0.15, 0.2) is 12.2 Å². The molecule has 0 radical (unpaired) electrons. The Morgan fingerprint density at radius 2 is 1.51 bits per heavy atom. The van der Waals surface area contributed by atoms with E-state index in [-0.39, 0.29) is 42.6 Å². The Hall–Kier alpha value is -0.813. The second-order valence-electron chi connectivity index (χ2n) is 12.1. The van der Waals surface area contributed by atoms with Crippen LogP contribution in [-0.4, -0.2) is 75.7 Å². The maximum absolute atomic E-state index is 11.9. The second-order valence-corrected chi connectivity index (χ2v) is 16.8. The largest absolute Gasteiger partial charge is 0.463 e. The summed E-state index contributed by atoms with van der Waals surface area (Å²) in [6.45, 7) is 9.46. The molecular formula is C30H50O8Si. The molecule has 222 valence electrons. The zero-order chi connectivity index (χ0) is 27.5. The van der Waals surface area contributed by atoms with Crippen LogP contribution in [-0.2, 0) is 37.6 Å². The molecule has 0 aromatic carbocycles. The maximum atomic E-state index is 11.9. The number of carbonyl (C=O) groups excluding carboxylic acids is 1. The zero-order valence-electron chi connectivity index (χ0n) is 24.5. The van der Waals surface area contributed by atoms with Gasteiger partial charge >= 0.3 is 5.97 Å². The molecule has 5 aliphatic rings. The summed E-state index contributed by atoms with van der Waals surface area (Å²) in [5, 5.41) is 0. The summed E-state index contributed by atoms with van der Waals surface area (Å²) in [4.78, 5) is 11.9. The van der Waals surface area contributed by atoms with Crippen LogP contribution < -0.4 is 0 Å². The van der Waals surface area contributed by atoms with Crippen molar-refractivity contribution in [1.29, 1.82) is 0 Å². The van der Waals surface area contributed by atoms with E-state index in [9.17, 15) is 4.79 Å². The summed E-state index contributed by atoms with van der Waals surface area (Å²) in [5.41, 5.74) is 0. The summed E-state index contributed by atoms with van der Waals surface area (Å²) < 4.78 is 45.5. The number of epoxide rings is 1. The number of carbonyl (C=O) groups is 1. The fraction of sp³-hybridized carbons (Fsp3) is 0.900. The van der Waals surface area contributed by atoms with E-state index in [1.165, 1.54) is 18.9 Å². The Bertz CT molecular complexity index is 840. The average molecular weight is 567 g/mol.